The van der Waals surface area contributed by atoms with Crippen molar-refractivity contribution in [3.8, 4) is 16.9 Å². The molecule has 1 atom stereocenters. The van der Waals surface area contributed by atoms with E-state index < -0.39 is 11.8 Å². The van der Waals surface area contributed by atoms with Crippen molar-refractivity contribution in [1.82, 2.24) is 15.0 Å². The highest BCUT2D eigenvalue weighted by molar-refractivity contribution is 5.63. The molecular formula is C21H20F3N3O2. The van der Waals surface area contributed by atoms with Gasteiger partial charge in [0.15, 0.2) is 0 Å². The first-order valence-electron chi connectivity index (χ1n) is 8.87. The zero-order valence-corrected chi connectivity index (χ0v) is 15.9. The van der Waals surface area contributed by atoms with E-state index in [9.17, 15) is 18.3 Å². The Morgan fingerprint density at radius 2 is 1.55 bits per heavy atom. The molecule has 0 aliphatic rings. The molecular weight excluding hydrogens is 383 g/mol. The lowest BCUT2D eigenvalue weighted by molar-refractivity contribution is -0.274. The van der Waals surface area contributed by atoms with Crippen LogP contribution in [0, 0.1) is 5.41 Å². The van der Waals surface area contributed by atoms with Gasteiger partial charge in [-0.25, -0.2) is 9.97 Å². The highest BCUT2D eigenvalue weighted by Crippen LogP contribution is 2.39. The van der Waals surface area contributed by atoms with Crippen molar-refractivity contribution < 1.29 is 23.0 Å². The van der Waals surface area contributed by atoms with Crippen LogP contribution in [0.3, 0.4) is 0 Å². The molecule has 152 valence electrons. The monoisotopic (exact) mass is 403 g/mol. The van der Waals surface area contributed by atoms with Crippen LogP contribution in [0.5, 0.6) is 5.75 Å². The normalized spacial score (nSPS) is 13.2. The van der Waals surface area contributed by atoms with Gasteiger partial charge in [0.25, 0.3) is 0 Å². The van der Waals surface area contributed by atoms with Crippen molar-refractivity contribution in [3.63, 3.8) is 0 Å². The van der Waals surface area contributed by atoms with E-state index in [4.69, 9.17) is 0 Å². The van der Waals surface area contributed by atoms with E-state index in [0.29, 0.717) is 5.56 Å². The summed E-state index contributed by atoms with van der Waals surface area (Å²) in [6.07, 6.45) is 1.77. The Labute approximate surface area is 166 Å². The summed E-state index contributed by atoms with van der Waals surface area (Å²) in [4.78, 5) is 12.7. The summed E-state index contributed by atoms with van der Waals surface area (Å²) >= 11 is 0. The van der Waals surface area contributed by atoms with E-state index in [2.05, 4.69) is 19.7 Å². The summed E-state index contributed by atoms with van der Waals surface area (Å²) < 4.78 is 40.8. The summed E-state index contributed by atoms with van der Waals surface area (Å²) in [6.45, 7) is 3.80. The average molecular weight is 403 g/mol. The highest BCUT2D eigenvalue weighted by Gasteiger charge is 2.33. The zero-order chi connectivity index (χ0) is 21.1. The van der Waals surface area contributed by atoms with Gasteiger partial charge in [0.1, 0.15) is 12.1 Å². The molecule has 0 amide bonds. The minimum absolute atomic E-state index is 0.0589. The van der Waals surface area contributed by atoms with Crippen LogP contribution >= 0.6 is 0 Å². The lowest BCUT2D eigenvalue weighted by atomic mass is 9.74. The summed E-state index contributed by atoms with van der Waals surface area (Å²) in [7, 11) is 0. The molecule has 0 aliphatic carbocycles. The molecule has 3 rings (SSSR count). The van der Waals surface area contributed by atoms with Crippen LogP contribution in [0.1, 0.15) is 31.0 Å². The second kappa shape index (κ2) is 8.16. The second-order valence-electron chi connectivity index (χ2n) is 7.30. The summed E-state index contributed by atoms with van der Waals surface area (Å²) in [5.41, 5.74) is 2.52. The Balaban J connectivity index is 1.88. The first-order valence-corrected chi connectivity index (χ1v) is 8.87. The van der Waals surface area contributed by atoms with Crippen molar-refractivity contribution in [2.45, 2.75) is 26.1 Å². The van der Waals surface area contributed by atoms with E-state index >= 15 is 0 Å². The van der Waals surface area contributed by atoms with Gasteiger partial charge in [-0.05, 0) is 29.3 Å². The molecule has 1 N–H and O–H groups in total. The number of aliphatic hydroxyl groups is 1. The van der Waals surface area contributed by atoms with Gasteiger partial charge in [0, 0.05) is 47.8 Å². The molecule has 29 heavy (non-hydrogen) atoms. The quantitative estimate of drug-likeness (QED) is 0.652. The van der Waals surface area contributed by atoms with Gasteiger partial charge in [0.05, 0.1) is 0 Å². The molecule has 0 bridgehead atoms. The van der Waals surface area contributed by atoms with E-state index in [0.717, 1.165) is 16.8 Å². The number of pyridine rings is 1. The van der Waals surface area contributed by atoms with E-state index in [1.165, 1.54) is 30.6 Å². The molecule has 2 aromatic heterocycles. The Morgan fingerprint density at radius 3 is 2.07 bits per heavy atom. The number of alkyl halides is 3. The van der Waals surface area contributed by atoms with Gasteiger partial charge in [-0.3, -0.25) is 4.98 Å². The van der Waals surface area contributed by atoms with Gasteiger partial charge in [-0.2, -0.15) is 0 Å². The lowest BCUT2D eigenvalue weighted by Crippen LogP contribution is -2.28. The molecule has 0 spiro atoms. The van der Waals surface area contributed by atoms with Crippen LogP contribution in [0.4, 0.5) is 13.2 Å². The number of hydrogen-bond acceptors (Lipinski definition) is 5. The maximum atomic E-state index is 12.3. The third-order valence-electron chi connectivity index (χ3n) is 4.61. The lowest BCUT2D eigenvalue weighted by Gasteiger charge is -2.32. The van der Waals surface area contributed by atoms with Crippen molar-refractivity contribution in [1.29, 1.82) is 0 Å². The largest absolute Gasteiger partial charge is 0.573 e. The van der Waals surface area contributed by atoms with Crippen LogP contribution in [0.15, 0.2) is 61.3 Å². The van der Waals surface area contributed by atoms with Crippen LogP contribution in [0.2, 0.25) is 0 Å². The Hall–Kier alpha value is -3.00. The van der Waals surface area contributed by atoms with Crippen molar-refractivity contribution in [2.24, 2.45) is 5.41 Å². The van der Waals surface area contributed by atoms with Crippen molar-refractivity contribution >= 4 is 0 Å². The maximum Gasteiger partial charge on any atom is 0.573 e. The molecule has 0 saturated heterocycles. The predicted molar refractivity (Wildman–Crippen MR) is 101 cm³/mol. The third-order valence-corrected chi connectivity index (χ3v) is 4.61. The average Bonchev–Trinajstić information content (AvgIpc) is 2.69. The molecule has 0 radical (unpaired) electrons. The van der Waals surface area contributed by atoms with Gasteiger partial charge >= 0.3 is 6.36 Å². The fraction of sp³-hybridized carbons (Fsp3) is 0.286. The van der Waals surface area contributed by atoms with Crippen LogP contribution in [0.25, 0.3) is 11.1 Å². The predicted octanol–water partition coefficient (Wildman–Crippen LogP) is 4.59. The highest BCUT2D eigenvalue weighted by atomic mass is 19.4. The van der Waals surface area contributed by atoms with Gasteiger partial charge in [-0.15, -0.1) is 13.2 Å². The number of aliphatic hydroxyl groups excluding tert-OH is 1. The second-order valence-corrected chi connectivity index (χ2v) is 7.30. The number of benzene rings is 1. The molecule has 1 aromatic carbocycles. The Morgan fingerprint density at radius 1 is 0.931 bits per heavy atom. The summed E-state index contributed by atoms with van der Waals surface area (Å²) in [5, 5.41) is 9.87. The van der Waals surface area contributed by atoms with E-state index in [1.807, 2.05) is 26.0 Å². The maximum absolute atomic E-state index is 12.3. The number of rotatable bonds is 6. The SMILES string of the molecule is CC(C)(CO)C(c1cncnc1)c1ccc(-c2ccc(OC(F)(F)F)cc2)cn1. The molecule has 3 aromatic rings. The zero-order valence-electron chi connectivity index (χ0n) is 15.9. The first-order chi connectivity index (χ1) is 13.7. The standard InChI is InChI=1S/C21H20F3N3O2/c1-20(2,12-28)19(16-9-25-13-26-10-16)18-8-5-15(11-27-18)14-3-6-17(7-4-14)29-21(22,23)24/h3-11,13,19,28H,12H2,1-2H3. The van der Waals surface area contributed by atoms with Gasteiger partial charge < -0.3 is 9.84 Å². The topological polar surface area (TPSA) is 68.1 Å². The molecule has 0 saturated carbocycles. The van der Waals surface area contributed by atoms with Gasteiger partial charge in [-0.1, -0.05) is 32.0 Å². The van der Waals surface area contributed by atoms with E-state index in [-0.39, 0.29) is 18.3 Å². The summed E-state index contributed by atoms with van der Waals surface area (Å²) in [6, 6.07) is 9.28. The number of hydrogen-bond donors (Lipinski definition) is 1. The van der Waals surface area contributed by atoms with Crippen LogP contribution in [-0.2, 0) is 0 Å². The number of nitrogens with zero attached hydrogens (tertiary/aromatic N) is 3. The molecule has 5 nitrogen and oxygen atoms in total. The first kappa shape index (κ1) is 20.7. The number of aromatic nitrogens is 3. The minimum Gasteiger partial charge on any atom is -0.406 e. The summed E-state index contributed by atoms with van der Waals surface area (Å²) in [5.74, 6) is -0.509. The molecule has 1 unspecified atom stereocenters. The molecule has 2 heterocycles. The number of halogens is 3. The Kier molecular flexibility index (Phi) is 5.83. The van der Waals surface area contributed by atoms with Gasteiger partial charge in [0.2, 0.25) is 0 Å². The minimum atomic E-state index is -4.72. The molecule has 0 fully saturated rings. The van der Waals surface area contributed by atoms with Crippen LogP contribution < -0.4 is 4.74 Å². The molecule has 0 aliphatic heterocycles. The van der Waals surface area contributed by atoms with Crippen molar-refractivity contribution in [3.05, 3.63) is 72.6 Å². The van der Waals surface area contributed by atoms with E-state index in [1.54, 1.807) is 18.6 Å². The Bertz CT molecular complexity index is 928. The smallest absolute Gasteiger partial charge is 0.406 e. The fourth-order valence-corrected chi connectivity index (χ4v) is 3.17. The number of ether oxygens (including phenoxy) is 1. The van der Waals surface area contributed by atoms with Crippen LogP contribution in [-0.4, -0.2) is 33.0 Å². The third kappa shape index (κ3) is 5.08. The molecule has 8 heteroatoms. The van der Waals surface area contributed by atoms with Crippen molar-refractivity contribution in [2.75, 3.05) is 6.61 Å². The fourth-order valence-electron chi connectivity index (χ4n) is 3.17.